The molecule has 180 valence electrons. The second-order valence-electron chi connectivity index (χ2n) is 8.31. The summed E-state index contributed by atoms with van der Waals surface area (Å²) in [6, 6.07) is 11.3. The predicted octanol–water partition coefficient (Wildman–Crippen LogP) is 2.30. The molecule has 1 unspecified atom stereocenters. The highest BCUT2D eigenvalue weighted by Crippen LogP contribution is 2.41. The van der Waals surface area contributed by atoms with Gasteiger partial charge in [0.25, 0.3) is 0 Å². The molecule has 3 aliphatic heterocycles. The highest BCUT2D eigenvalue weighted by molar-refractivity contribution is 5.95. The topological polar surface area (TPSA) is 106 Å². The van der Waals surface area contributed by atoms with Crippen molar-refractivity contribution in [3.05, 3.63) is 47.5 Å². The lowest BCUT2D eigenvalue weighted by Crippen LogP contribution is -2.41. The van der Waals surface area contributed by atoms with Crippen LogP contribution in [0.3, 0.4) is 0 Å². The molecular formula is C25H29N3O6. The first-order valence-corrected chi connectivity index (χ1v) is 11.3. The van der Waals surface area contributed by atoms with Crippen LogP contribution in [0, 0.1) is 0 Å². The molecule has 0 saturated carbocycles. The third kappa shape index (κ3) is 5.41. The molecule has 3 heterocycles. The quantitative estimate of drug-likeness (QED) is 0.624. The molecular weight excluding hydrogens is 438 g/mol. The normalized spacial score (nSPS) is 18.9. The molecule has 9 nitrogen and oxygen atoms in total. The summed E-state index contributed by atoms with van der Waals surface area (Å²) in [6.45, 7) is 2.70. The number of carbonyl (C=O) groups is 3. The maximum absolute atomic E-state index is 12.5. The number of fused-ring (bicyclic) bond motifs is 11. The highest BCUT2D eigenvalue weighted by atomic mass is 16.5. The van der Waals surface area contributed by atoms with E-state index < -0.39 is 0 Å². The molecule has 6 bridgehead atoms. The molecule has 1 atom stereocenters. The molecule has 0 aromatic heterocycles. The van der Waals surface area contributed by atoms with Gasteiger partial charge in [0, 0.05) is 37.6 Å². The van der Waals surface area contributed by atoms with E-state index in [1.54, 1.807) is 13.2 Å². The third-order valence-electron chi connectivity index (χ3n) is 5.96. The highest BCUT2D eigenvalue weighted by Gasteiger charge is 2.28. The number of amides is 3. The zero-order chi connectivity index (χ0) is 24.1. The van der Waals surface area contributed by atoms with Crippen LogP contribution >= 0.6 is 0 Å². The monoisotopic (exact) mass is 467 g/mol. The number of benzene rings is 2. The smallest absolute Gasteiger partial charge is 0.239 e. The van der Waals surface area contributed by atoms with Gasteiger partial charge in [-0.25, -0.2) is 0 Å². The second-order valence-corrected chi connectivity index (χ2v) is 8.31. The largest absolute Gasteiger partial charge is 0.493 e. The molecule has 3 amide bonds. The van der Waals surface area contributed by atoms with Crippen LogP contribution in [0.1, 0.15) is 36.8 Å². The van der Waals surface area contributed by atoms with Gasteiger partial charge < -0.3 is 29.7 Å². The second kappa shape index (κ2) is 10.5. The summed E-state index contributed by atoms with van der Waals surface area (Å²) in [5.74, 6) is 1.10. The molecule has 34 heavy (non-hydrogen) atoms. The van der Waals surface area contributed by atoms with Gasteiger partial charge in [-0.1, -0.05) is 12.1 Å². The molecule has 0 radical (unpaired) electrons. The molecule has 2 aromatic carbocycles. The van der Waals surface area contributed by atoms with E-state index in [0.29, 0.717) is 55.5 Å². The van der Waals surface area contributed by atoms with Crippen molar-refractivity contribution >= 4 is 23.4 Å². The maximum Gasteiger partial charge on any atom is 0.239 e. The van der Waals surface area contributed by atoms with Crippen molar-refractivity contribution < 1.29 is 28.6 Å². The SMILES string of the molecule is COc1ccc2cc1OCCCN(C(C)=O)CC(=O)NCCOc1ccc3c(c1)NC(=O)CC23. The Balaban J connectivity index is 1.66. The number of hydrogen-bond acceptors (Lipinski definition) is 6. The lowest BCUT2D eigenvalue weighted by atomic mass is 9.84. The van der Waals surface area contributed by atoms with Crippen LogP contribution < -0.4 is 24.8 Å². The summed E-state index contributed by atoms with van der Waals surface area (Å²) >= 11 is 0. The van der Waals surface area contributed by atoms with E-state index in [1.807, 2.05) is 30.3 Å². The number of ether oxygens (including phenoxy) is 3. The summed E-state index contributed by atoms with van der Waals surface area (Å²) in [4.78, 5) is 38.2. The molecule has 3 aliphatic rings. The Morgan fingerprint density at radius 3 is 2.74 bits per heavy atom. The minimum Gasteiger partial charge on any atom is -0.493 e. The minimum atomic E-state index is -0.257. The first kappa shape index (κ1) is 23.4. The van der Waals surface area contributed by atoms with Crippen LogP contribution in [0.4, 0.5) is 5.69 Å². The van der Waals surface area contributed by atoms with Crippen molar-refractivity contribution in [3.8, 4) is 17.2 Å². The van der Waals surface area contributed by atoms with Crippen LogP contribution in [0.15, 0.2) is 36.4 Å². The third-order valence-corrected chi connectivity index (χ3v) is 5.96. The molecule has 0 saturated heterocycles. The fourth-order valence-electron chi connectivity index (χ4n) is 4.23. The van der Waals surface area contributed by atoms with E-state index in [1.165, 1.54) is 11.8 Å². The van der Waals surface area contributed by atoms with Crippen molar-refractivity contribution in [2.45, 2.75) is 25.7 Å². The average molecular weight is 468 g/mol. The summed E-state index contributed by atoms with van der Waals surface area (Å²) in [5.41, 5.74) is 2.64. The van der Waals surface area contributed by atoms with Crippen LogP contribution in [0.2, 0.25) is 0 Å². The Morgan fingerprint density at radius 2 is 1.94 bits per heavy atom. The summed E-state index contributed by atoms with van der Waals surface area (Å²) in [6.07, 6.45) is 0.860. The number of nitrogens with zero attached hydrogens (tertiary/aromatic N) is 1. The molecule has 5 rings (SSSR count). The van der Waals surface area contributed by atoms with Crippen molar-refractivity contribution in [2.75, 3.05) is 45.3 Å². The fraction of sp³-hybridized carbons (Fsp3) is 0.400. The van der Waals surface area contributed by atoms with E-state index in [-0.39, 0.29) is 36.8 Å². The average Bonchev–Trinajstić information content (AvgIpc) is 2.82. The Hall–Kier alpha value is -3.75. The lowest BCUT2D eigenvalue weighted by molar-refractivity contribution is -0.134. The summed E-state index contributed by atoms with van der Waals surface area (Å²) in [7, 11) is 1.57. The Bertz CT molecular complexity index is 1090. The number of methoxy groups -OCH3 is 1. The molecule has 0 aliphatic carbocycles. The standard InChI is InChI=1S/C25H29N3O6/c1-16(29)28-9-3-10-34-23-12-17(4-7-22(23)32-2)20-14-24(30)27-21-13-18(5-6-19(20)21)33-11-8-26-25(31)15-28/h4-7,12-13,20H,3,8-11,14-15H2,1-2H3,(H,26,31)(H,27,30). The van der Waals surface area contributed by atoms with Gasteiger partial charge in [0.15, 0.2) is 11.5 Å². The van der Waals surface area contributed by atoms with E-state index in [2.05, 4.69) is 10.6 Å². The van der Waals surface area contributed by atoms with Crippen LogP contribution in [0.5, 0.6) is 17.2 Å². The zero-order valence-corrected chi connectivity index (χ0v) is 19.4. The molecule has 2 N–H and O–H groups in total. The van der Waals surface area contributed by atoms with E-state index in [0.717, 1.165) is 11.1 Å². The van der Waals surface area contributed by atoms with Gasteiger partial charge in [-0.2, -0.15) is 0 Å². The number of carbonyl (C=O) groups excluding carboxylic acids is 3. The molecule has 0 fully saturated rings. The van der Waals surface area contributed by atoms with Gasteiger partial charge in [0.1, 0.15) is 12.4 Å². The minimum absolute atomic E-state index is 0.0271. The predicted molar refractivity (Wildman–Crippen MR) is 125 cm³/mol. The summed E-state index contributed by atoms with van der Waals surface area (Å²) in [5, 5.41) is 5.70. The van der Waals surface area contributed by atoms with Gasteiger partial charge in [0.2, 0.25) is 17.7 Å². The van der Waals surface area contributed by atoms with E-state index >= 15 is 0 Å². The van der Waals surface area contributed by atoms with Crippen molar-refractivity contribution in [1.82, 2.24) is 10.2 Å². The Morgan fingerprint density at radius 1 is 1.09 bits per heavy atom. The van der Waals surface area contributed by atoms with Gasteiger partial charge in [-0.05, 0) is 35.7 Å². The molecule has 2 aromatic rings. The number of anilines is 1. The Labute approximate surface area is 198 Å². The van der Waals surface area contributed by atoms with Gasteiger partial charge in [-0.3, -0.25) is 14.4 Å². The first-order chi connectivity index (χ1) is 16.4. The van der Waals surface area contributed by atoms with E-state index in [9.17, 15) is 14.4 Å². The summed E-state index contributed by atoms with van der Waals surface area (Å²) < 4.78 is 17.2. The molecule has 9 heteroatoms. The van der Waals surface area contributed by atoms with Crippen LogP contribution in [0.25, 0.3) is 0 Å². The van der Waals surface area contributed by atoms with Crippen molar-refractivity contribution in [1.29, 1.82) is 0 Å². The molecule has 0 spiro atoms. The number of nitrogens with one attached hydrogen (secondary N) is 2. The number of hydrogen-bond donors (Lipinski definition) is 2. The fourth-order valence-corrected chi connectivity index (χ4v) is 4.23. The van der Waals surface area contributed by atoms with E-state index in [4.69, 9.17) is 14.2 Å². The maximum atomic E-state index is 12.5. The van der Waals surface area contributed by atoms with Gasteiger partial charge >= 0.3 is 0 Å². The van der Waals surface area contributed by atoms with Crippen LogP contribution in [-0.2, 0) is 14.4 Å². The Kier molecular flexibility index (Phi) is 7.20. The van der Waals surface area contributed by atoms with Gasteiger partial charge in [-0.15, -0.1) is 0 Å². The van der Waals surface area contributed by atoms with Crippen molar-refractivity contribution in [2.24, 2.45) is 0 Å². The number of rotatable bonds is 1. The van der Waals surface area contributed by atoms with Crippen LogP contribution in [-0.4, -0.2) is 62.6 Å². The lowest BCUT2D eigenvalue weighted by Gasteiger charge is -2.27. The van der Waals surface area contributed by atoms with Gasteiger partial charge in [0.05, 0.1) is 26.8 Å². The van der Waals surface area contributed by atoms with Crippen molar-refractivity contribution in [3.63, 3.8) is 0 Å². The first-order valence-electron chi connectivity index (χ1n) is 11.3. The zero-order valence-electron chi connectivity index (χ0n) is 19.4.